The minimum atomic E-state index is -0.347. The molecule has 0 aromatic heterocycles. The van der Waals surface area contributed by atoms with Gasteiger partial charge in [-0.25, -0.2) is 0 Å². The van der Waals surface area contributed by atoms with E-state index in [0.29, 0.717) is 6.61 Å². The molecule has 0 aliphatic rings. The molecular weight excluding hydrogens is 328 g/mol. The second kappa shape index (κ2) is 16.6. The van der Waals surface area contributed by atoms with Crippen molar-refractivity contribution in [3.05, 3.63) is 0 Å². The molecule has 156 valence electrons. The second-order valence-corrected chi connectivity index (χ2v) is 7.99. The number of methoxy groups -OCH3 is 2. The summed E-state index contributed by atoms with van der Waals surface area (Å²) in [7, 11) is 3.38. The molecule has 0 heterocycles. The van der Waals surface area contributed by atoms with Crippen LogP contribution in [0.5, 0.6) is 0 Å². The Kier molecular flexibility index (Phi) is 16.2. The van der Waals surface area contributed by atoms with E-state index in [0.717, 1.165) is 38.5 Å². The smallest absolute Gasteiger partial charge is 0.311 e. The van der Waals surface area contributed by atoms with Crippen molar-refractivity contribution in [3.8, 4) is 0 Å². The zero-order valence-electron chi connectivity index (χ0n) is 18.1. The Balaban J connectivity index is 3.58. The molecule has 0 aromatic rings. The number of hydrogen-bond donors (Lipinski definition) is 0. The van der Waals surface area contributed by atoms with Gasteiger partial charge in [0.1, 0.15) is 0 Å². The molecule has 4 nitrogen and oxygen atoms in total. The molecule has 0 saturated heterocycles. The van der Waals surface area contributed by atoms with Crippen LogP contribution in [0.3, 0.4) is 0 Å². The Morgan fingerprint density at radius 1 is 0.808 bits per heavy atom. The summed E-state index contributed by atoms with van der Waals surface area (Å²) in [4.78, 5) is 12.2. The number of carbonyl (C=O) groups excluding carboxylic acids is 1. The maximum absolute atomic E-state index is 12.2. The summed E-state index contributed by atoms with van der Waals surface area (Å²) in [6, 6.07) is 0. The van der Waals surface area contributed by atoms with E-state index in [1.165, 1.54) is 44.9 Å². The standard InChI is InChI=1S/C22H44O4/c1-6-7-8-16-19-26-21(23)22(2,3)18-15-13-11-9-10-12-14-17-20(24-4)25-5/h20H,6-19H2,1-5H3. The molecule has 0 amide bonds. The highest BCUT2D eigenvalue weighted by Gasteiger charge is 2.28. The van der Waals surface area contributed by atoms with Gasteiger partial charge in [-0.2, -0.15) is 0 Å². The van der Waals surface area contributed by atoms with Crippen molar-refractivity contribution >= 4 is 5.97 Å². The molecule has 0 fully saturated rings. The first-order valence-corrected chi connectivity index (χ1v) is 10.7. The molecule has 0 N–H and O–H groups in total. The van der Waals surface area contributed by atoms with E-state index in [1.54, 1.807) is 14.2 Å². The van der Waals surface area contributed by atoms with Crippen LogP contribution in [0.15, 0.2) is 0 Å². The third-order valence-corrected chi connectivity index (χ3v) is 5.05. The maximum Gasteiger partial charge on any atom is 0.311 e. The first-order chi connectivity index (χ1) is 12.5. The van der Waals surface area contributed by atoms with Crippen LogP contribution in [0.25, 0.3) is 0 Å². The molecule has 0 aliphatic carbocycles. The predicted octanol–water partition coefficient (Wildman–Crippen LogP) is 6.27. The van der Waals surface area contributed by atoms with Crippen molar-refractivity contribution in [3.63, 3.8) is 0 Å². The van der Waals surface area contributed by atoms with Gasteiger partial charge >= 0.3 is 5.97 Å². The number of carbonyl (C=O) groups is 1. The molecule has 0 bridgehead atoms. The Bertz CT molecular complexity index is 324. The average molecular weight is 373 g/mol. The molecule has 0 unspecified atom stereocenters. The molecule has 0 saturated carbocycles. The fraction of sp³-hybridized carbons (Fsp3) is 0.955. The molecule has 26 heavy (non-hydrogen) atoms. The molecule has 4 heteroatoms. The summed E-state index contributed by atoms with van der Waals surface area (Å²) in [5.74, 6) is -0.0279. The first kappa shape index (κ1) is 25.4. The van der Waals surface area contributed by atoms with Crippen LogP contribution in [-0.2, 0) is 19.0 Å². The SMILES string of the molecule is CCCCCCOC(=O)C(C)(C)CCCCCCCCCC(OC)OC. The predicted molar refractivity (Wildman–Crippen MR) is 108 cm³/mol. The number of unbranched alkanes of at least 4 members (excludes halogenated alkanes) is 9. The zero-order chi connectivity index (χ0) is 19.7. The van der Waals surface area contributed by atoms with E-state index in [9.17, 15) is 4.79 Å². The van der Waals surface area contributed by atoms with Gasteiger partial charge < -0.3 is 14.2 Å². The largest absolute Gasteiger partial charge is 0.465 e. The van der Waals surface area contributed by atoms with Crippen molar-refractivity contribution in [1.29, 1.82) is 0 Å². The van der Waals surface area contributed by atoms with Crippen molar-refractivity contribution in [2.75, 3.05) is 20.8 Å². The number of ether oxygens (including phenoxy) is 3. The van der Waals surface area contributed by atoms with Gasteiger partial charge in [0.15, 0.2) is 6.29 Å². The minimum Gasteiger partial charge on any atom is -0.465 e. The van der Waals surface area contributed by atoms with Gasteiger partial charge in [0.2, 0.25) is 0 Å². The van der Waals surface area contributed by atoms with Crippen molar-refractivity contribution < 1.29 is 19.0 Å². The summed E-state index contributed by atoms with van der Waals surface area (Å²) in [5.41, 5.74) is -0.347. The van der Waals surface area contributed by atoms with Gasteiger partial charge in [0.25, 0.3) is 0 Å². The van der Waals surface area contributed by atoms with Crippen molar-refractivity contribution in [1.82, 2.24) is 0 Å². The Morgan fingerprint density at radius 2 is 1.35 bits per heavy atom. The maximum atomic E-state index is 12.2. The lowest BCUT2D eigenvalue weighted by molar-refractivity contribution is -0.154. The van der Waals surface area contributed by atoms with E-state index < -0.39 is 0 Å². The van der Waals surface area contributed by atoms with Crippen LogP contribution in [0.2, 0.25) is 0 Å². The highest BCUT2D eigenvalue weighted by atomic mass is 16.7. The fourth-order valence-corrected chi connectivity index (χ4v) is 3.08. The average Bonchev–Trinajstić information content (AvgIpc) is 2.63. The molecule has 0 aliphatic heterocycles. The molecular formula is C22H44O4. The van der Waals surface area contributed by atoms with E-state index >= 15 is 0 Å². The Hall–Kier alpha value is -0.610. The van der Waals surface area contributed by atoms with Gasteiger partial charge in [0, 0.05) is 14.2 Å². The van der Waals surface area contributed by atoms with Crippen LogP contribution in [0.1, 0.15) is 104 Å². The first-order valence-electron chi connectivity index (χ1n) is 10.7. The quantitative estimate of drug-likeness (QED) is 0.162. The third-order valence-electron chi connectivity index (χ3n) is 5.05. The van der Waals surface area contributed by atoms with Gasteiger partial charge in [0.05, 0.1) is 12.0 Å². The summed E-state index contributed by atoms with van der Waals surface area (Å²) in [6.45, 7) is 6.80. The van der Waals surface area contributed by atoms with E-state index in [-0.39, 0.29) is 17.7 Å². The van der Waals surface area contributed by atoms with Crippen molar-refractivity contribution in [2.45, 2.75) is 111 Å². The Morgan fingerprint density at radius 3 is 1.92 bits per heavy atom. The molecule has 0 spiro atoms. The van der Waals surface area contributed by atoms with E-state index in [4.69, 9.17) is 14.2 Å². The summed E-state index contributed by atoms with van der Waals surface area (Å²) >= 11 is 0. The molecule has 0 rings (SSSR count). The van der Waals surface area contributed by atoms with Crippen LogP contribution < -0.4 is 0 Å². The third kappa shape index (κ3) is 13.6. The highest BCUT2D eigenvalue weighted by molar-refractivity contribution is 5.75. The topological polar surface area (TPSA) is 44.8 Å². The lowest BCUT2D eigenvalue weighted by Gasteiger charge is -2.22. The Labute approximate surface area is 162 Å². The summed E-state index contributed by atoms with van der Waals surface area (Å²) in [6.07, 6.45) is 14.9. The summed E-state index contributed by atoms with van der Waals surface area (Å²) < 4.78 is 15.8. The van der Waals surface area contributed by atoms with E-state index in [2.05, 4.69) is 6.92 Å². The van der Waals surface area contributed by atoms with Crippen LogP contribution in [0, 0.1) is 5.41 Å². The van der Waals surface area contributed by atoms with E-state index in [1.807, 2.05) is 13.8 Å². The van der Waals surface area contributed by atoms with Gasteiger partial charge in [-0.15, -0.1) is 0 Å². The zero-order valence-corrected chi connectivity index (χ0v) is 18.1. The lowest BCUT2D eigenvalue weighted by atomic mass is 9.87. The second-order valence-electron chi connectivity index (χ2n) is 7.99. The highest BCUT2D eigenvalue weighted by Crippen LogP contribution is 2.26. The fourth-order valence-electron chi connectivity index (χ4n) is 3.08. The number of hydrogen-bond acceptors (Lipinski definition) is 4. The normalized spacial score (nSPS) is 11.9. The molecule has 0 atom stereocenters. The van der Waals surface area contributed by atoms with Gasteiger partial charge in [-0.1, -0.05) is 64.7 Å². The molecule has 0 aromatic carbocycles. The monoisotopic (exact) mass is 372 g/mol. The minimum absolute atomic E-state index is 0.0279. The van der Waals surface area contributed by atoms with Gasteiger partial charge in [-0.05, 0) is 39.5 Å². The van der Waals surface area contributed by atoms with Gasteiger partial charge in [-0.3, -0.25) is 4.79 Å². The number of rotatable bonds is 18. The van der Waals surface area contributed by atoms with Crippen LogP contribution in [0.4, 0.5) is 0 Å². The van der Waals surface area contributed by atoms with Crippen molar-refractivity contribution in [2.24, 2.45) is 5.41 Å². The lowest BCUT2D eigenvalue weighted by Crippen LogP contribution is -2.27. The van der Waals surface area contributed by atoms with Crippen LogP contribution >= 0.6 is 0 Å². The summed E-state index contributed by atoms with van der Waals surface area (Å²) in [5, 5.41) is 0. The number of esters is 1. The molecule has 0 radical (unpaired) electrons. The van der Waals surface area contributed by atoms with Crippen LogP contribution in [-0.4, -0.2) is 33.1 Å².